The van der Waals surface area contributed by atoms with Crippen molar-refractivity contribution in [2.45, 2.75) is 26.2 Å². The molecule has 0 spiro atoms. The molecule has 2 heterocycles. The minimum atomic E-state index is -0.839. The Morgan fingerprint density at radius 3 is 2.69 bits per heavy atom. The van der Waals surface area contributed by atoms with Gasteiger partial charge < -0.3 is 14.1 Å². The Hall–Kier alpha value is -2.63. The number of furan rings is 1. The number of esters is 1. The largest absolute Gasteiger partial charge is 0.466 e. The summed E-state index contributed by atoms with van der Waals surface area (Å²) in [5, 5.41) is 0. The van der Waals surface area contributed by atoms with Crippen molar-refractivity contribution >= 4 is 11.9 Å². The molecule has 138 valence electrons. The van der Waals surface area contributed by atoms with Crippen LogP contribution >= 0.6 is 0 Å². The van der Waals surface area contributed by atoms with Gasteiger partial charge >= 0.3 is 5.97 Å². The third kappa shape index (κ3) is 3.79. The first kappa shape index (κ1) is 18.2. The highest BCUT2D eigenvalue weighted by atomic mass is 19.1. The third-order valence-corrected chi connectivity index (χ3v) is 4.76. The van der Waals surface area contributed by atoms with Gasteiger partial charge in [-0.3, -0.25) is 9.59 Å². The van der Waals surface area contributed by atoms with Gasteiger partial charge in [0, 0.05) is 13.1 Å². The molecule has 1 saturated heterocycles. The van der Waals surface area contributed by atoms with E-state index in [1.807, 2.05) is 0 Å². The number of amides is 1. The van der Waals surface area contributed by atoms with Gasteiger partial charge in [0.2, 0.25) is 0 Å². The van der Waals surface area contributed by atoms with Crippen LogP contribution in [0.25, 0.3) is 0 Å². The molecule has 1 amide bonds. The molecular weight excluding hydrogens is 337 g/mol. The number of hydrogen-bond acceptors (Lipinski definition) is 4. The average Bonchev–Trinajstić information content (AvgIpc) is 3.18. The number of nitrogens with zero attached hydrogens (tertiary/aromatic N) is 1. The van der Waals surface area contributed by atoms with Crippen molar-refractivity contribution in [1.29, 1.82) is 0 Å². The van der Waals surface area contributed by atoms with E-state index < -0.39 is 5.41 Å². The number of likely N-dealkylation sites (tertiary alicyclic amines) is 1. The highest BCUT2D eigenvalue weighted by Gasteiger charge is 2.45. The summed E-state index contributed by atoms with van der Waals surface area (Å²) in [4.78, 5) is 27.1. The van der Waals surface area contributed by atoms with Crippen LogP contribution in [0.2, 0.25) is 0 Å². The van der Waals surface area contributed by atoms with Gasteiger partial charge in [-0.25, -0.2) is 4.39 Å². The predicted octanol–water partition coefficient (Wildman–Crippen LogP) is 3.45. The lowest BCUT2D eigenvalue weighted by molar-refractivity contribution is -0.158. The summed E-state index contributed by atoms with van der Waals surface area (Å²) in [5.74, 6) is -0.618. The third-order valence-electron chi connectivity index (χ3n) is 4.76. The summed E-state index contributed by atoms with van der Waals surface area (Å²) in [7, 11) is 0. The van der Waals surface area contributed by atoms with Gasteiger partial charge in [-0.1, -0.05) is 12.1 Å². The van der Waals surface area contributed by atoms with E-state index in [2.05, 4.69) is 0 Å². The van der Waals surface area contributed by atoms with Crippen LogP contribution in [0.1, 0.15) is 35.9 Å². The van der Waals surface area contributed by atoms with Crippen LogP contribution in [0.15, 0.2) is 47.1 Å². The van der Waals surface area contributed by atoms with Gasteiger partial charge in [-0.05, 0) is 56.0 Å². The Morgan fingerprint density at radius 2 is 2.04 bits per heavy atom. The molecule has 1 fully saturated rings. The number of piperidine rings is 1. The molecule has 26 heavy (non-hydrogen) atoms. The van der Waals surface area contributed by atoms with E-state index in [9.17, 15) is 14.0 Å². The van der Waals surface area contributed by atoms with Gasteiger partial charge in [0.05, 0.1) is 18.3 Å². The summed E-state index contributed by atoms with van der Waals surface area (Å²) in [6.07, 6.45) is 3.15. The number of ether oxygens (including phenoxy) is 1. The van der Waals surface area contributed by atoms with Gasteiger partial charge in [0.15, 0.2) is 5.76 Å². The summed E-state index contributed by atoms with van der Waals surface area (Å²) in [5.41, 5.74) is 0.000638. The quantitative estimate of drug-likeness (QED) is 0.767. The van der Waals surface area contributed by atoms with E-state index in [-0.39, 0.29) is 36.6 Å². The molecule has 0 radical (unpaired) electrons. The lowest BCUT2D eigenvalue weighted by Gasteiger charge is -2.40. The van der Waals surface area contributed by atoms with E-state index >= 15 is 0 Å². The SMILES string of the molecule is CCOC(=O)[C@@]1(Cc2ccc(F)cc2)CCCN(C(=O)c2ccco2)C1. The maximum atomic E-state index is 13.2. The number of benzene rings is 1. The zero-order valence-corrected chi connectivity index (χ0v) is 14.7. The van der Waals surface area contributed by atoms with Crippen LogP contribution in [0.3, 0.4) is 0 Å². The molecule has 1 aromatic heterocycles. The Kier molecular flexibility index (Phi) is 5.40. The molecule has 0 N–H and O–H groups in total. The standard InChI is InChI=1S/C20H22FNO4/c1-2-25-19(24)20(13-15-6-8-16(21)9-7-15)10-4-11-22(14-20)18(23)17-5-3-12-26-17/h3,5-9,12H,2,4,10-11,13-14H2,1H3/t20-/m1/s1. The maximum Gasteiger partial charge on any atom is 0.314 e. The zero-order valence-electron chi connectivity index (χ0n) is 14.7. The Morgan fingerprint density at radius 1 is 1.27 bits per heavy atom. The Balaban J connectivity index is 1.86. The Bertz CT molecular complexity index is 757. The maximum absolute atomic E-state index is 13.2. The summed E-state index contributed by atoms with van der Waals surface area (Å²) >= 11 is 0. The number of carbonyl (C=O) groups excluding carboxylic acids is 2. The van der Waals surface area contributed by atoms with E-state index in [4.69, 9.17) is 9.15 Å². The summed E-state index contributed by atoms with van der Waals surface area (Å²) in [6.45, 7) is 2.85. The molecule has 6 heteroatoms. The van der Waals surface area contributed by atoms with Gasteiger partial charge in [-0.15, -0.1) is 0 Å². The van der Waals surface area contributed by atoms with Crippen LogP contribution in [-0.2, 0) is 16.0 Å². The monoisotopic (exact) mass is 359 g/mol. The molecular formula is C20H22FNO4. The van der Waals surface area contributed by atoms with Crippen molar-refractivity contribution in [1.82, 2.24) is 4.90 Å². The minimum absolute atomic E-state index is 0.234. The van der Waals surface area contributed by atoms with Crippen molar-refractivity contribution in [2.75, 3.05) is 19.7 Å². The van der Waals surface area contributed by atoms with E-state index in [0.717, 1.165) is 5.56 Å². The van der Waals surface area contributed by atoms with Crippen LogP contribution in [0.4, 0.5) is 4.39 Å². The normalized spacial score (nSPS) is 20.0. The lowest BCUT2D eigenvalue weighted by Crippen LogP contribution is -2.51. The van der Waals surface area contributed by atoms with E-state index in [0.29, 0.717) is 25.8 Å². The van der Waals surface area contributed by atoms with Crippen LogP contribution < -0.4 is 0 Å². The molecule has 2 aromatic rings. The average molecular weight is 359 g/mol. The second kappa shape index (κ2) is 7.72. The molecule has 3 rings (SSSR count). The summed E-state index contributed by atoms with van der Waals surface area (Å²) < 4.78 is 23.7. The predicted molar refractivity (Wildman–Crippen MR) is 93.0 cm³/mol. The van der Waals surface area contributed by atoms with Crippen molar-refractivity contribution in [3.63, 3.8) is 0 Å². The Labute approximate surface area is 151 Å². The zero-order chi connectivity index (χ0) is 18.6. The molecule has 0 aliphatic carbocycles. The fraction of sp³-hybridized carbons (Fsp3) is 0.400. The van der Waals surface area contributed by atoms with Crippen LogP contribution in [-0.4, -0.2) is 36.5 Å². The topological polar surface area (TPSA) is 59.8 Å². The second-order valence-electron chi connectivity index (χ2n) is 6.61. The van der Waals surface area contributed by atoms with Gasteiger partial charge in [0.1, 0.15) is 5.82 Å². The smallest absolute Gasteiger partial charge is 0.314 e. The highest BCUT2D eigenvalue weighted by Crippen LogP contribution is 2.36. The second-order valence-corrected chi connectivity index (χ2v) is 6.61. The number of rotatable bonds is 5. The first-order chi connectivity index (χ1) is 12.5. The molecule has 0 saturated carbocycles. The molecule has 0 unspecified atom stereocenters. The van der Waals surface area contributed by atoms with Crippen LogP contribution in [0, 0.1) is 11.2 Å². The molecule has 1 atom stereocenters. The molecule has 1 aromatic carbocycles. The van der Waals surface area contributed by atoms with Crippen molar-refractivity contribution < 1.29 is 23.1 Å². The fourth-order valence-electron chi connectivity index (χ4n) is 3.52. The first-order valence-electron chi connectivity index (χ1n) is 8.78. The summed E-state index contributed by atoms with van der Waals surface area (Å²) in [6, 6.07) is 9.37. The minimum Gasteiger partial charge on any atom is -0.466 e. The van der Waals surface area contributed by atoms with Gasteiger partial charge in [0.25, 0.3) is 5.91 Å². The molecule has 5 nitrogen and oxygen atoms in total. The molecule has 1 aliphatic heterocycles. The van der Waals surface area contributed by atoms with Crippen LogP contribution in [0.5, 0.6) is 0 Å². The highest BCUT2D eigenvalue weighted by molar-refractivity contribution is 5.92. The fourth-order valence-corrected chi connectivity index (χ4v) is 3.52. The van der Waals surface area contributed by atoms with Crippen molar-refractivity contribution in [3.05, 3.63) is 59.8 Å². The van der Waals surface area contributed by atoms with Crippen molar-refractivity contribution in [3.8, 4) is 0 Å². The molecule has 0 bridgehead atoms. The van der Waals surface area contributed by atoms with Crippen molar-refractivity contribution in [2.24, 2.45) is 5.41 Å². The molecule has 1 aliphatic rings. The first-order valence-corrected chi connectivity index (χ1v) is 8.78. The number of hydrogen-bond donors (Lipinski definition) is 0. The lowest BCUT2D eigenvalue weighted by atomic mass is 9.75. The number of carbonyl (C=O) groups is 2. The van der Waals surface area contributed by atoms with E-state index in [1.54, 1.807) is 36.1 Å². The van der Waals surface area contributed by atoms with E-state index in [1.165, 1.54) is 18.4 Å². The number of halogens is 1. The van der Waals surface area contributed by atoms with Gasteiger partial charge in [-0.2, -0.15) is 0 Å².